The van der Waals surface area contributed by atoms with Crippen LogP contribution < -0.4 is 0 Å². The number of benzene rings is 1. The molecule has 108 valence electrons. The van der Waals surface area contributed by atoms with Gasteiger partial charge in [-0.2, -0.15) is 0 Å². The van der Waals surface area contributed by atoms with E-state index in [4.69, 9.17) is 9.47 Å². The molecule has 19 heavy (non-hydrogen) atoms. The normalized spacial score (nSPS) is 11.2. The first-order chi connectivity index (χ1) is 9.17. The van der Waals surface area contributed by atoms with Crippen LogP contribution in [0.15, 0.2) is 22.7 Å². The van der Waals surface area contributed by atoms with Crippen LogP contribution in [-0.2, 0) is 16.0 Å². The van der Waals surface area contributed by atoms with Crippen LogP contribution in [0.1, 0.15) is 12.0 Å². The molecular weight excluding hydrogens is 313 g/mol. The molecular formula is C14H21BrFNO2. The minimum absolute atomic E-state index is 0.224. The standard InChI is InChI=1S/C14H21BrFNO2/c1-18-8-3-6-17(7-9-19-2)11-12-4-5-13(16)10-14(12)15/h4-5,10H,3,6-9,11H2,1-2H3. The van der Waals surface area contributed by atoms with Crippen LogP contribution in [0.3, 0.4) is 0 Å². The Kier molecular flexibility index (Phi) is 8.21. The fourth-order valence-corrected chi connectivity index (χ4v) is 2.29. The van der Waals surface area contributed by atoms with Crippen LogP contribution >= 0.6 is 15.9 Å². The van der Waals surface area contributed by atoms with E-state index in [9.17, 15) is 4.39 Å². The van der Waals surface area contributed by atoms with E-state index in [0.717, 1.165) is 42.7 Å². The topological polar surface area (TPSA) is 21.7 Å². The van der Waals surface area contributed by atoms with E-state index in [-0.39, 0.29) is 5.82 Å². The van der Waals surface area contributed by atoms with Gasteiger partial charge in [-0.3, -0.25) is 4.90 Å². The third kappa shape index (κ3) is 6.47. The molecule has 0 bridgehead atoms. The third-order valence-corrected chi connectivity index (χ3v) is 3.58. The Morgan fingerprint density at radius 1 is 1.16 bits per heavy atom. The van der Waals surface area contributed by atoms with Crippen molar-refractivity contribution in [3.63, 3.8) is 0 Å². The average Bonchev–Trinajstić information content (AvgIpc) is 2.39. The van der Waals surface area contributed by atoms with Crippen molar-refractivity contribution in [3.8, 4) is 0 Å². The van der Waals surface area contributed by atoms with Crippen LogP contribution in [0.4, 0.5) is 4.39 Å². The highest BCUT2D eigenvalue weighted by Gasteiger charge is 2.09. The van der Waals surface area contributed by atoms with Crippen LogP contribution in [-0.4, -0.2) is 45.4 Å². The summed E-state index contributed by atoms with van der Waals surface area (Å²) < 4.78 is 24.1. The monoisotopic (exact) mass is 333 g/mol. The lowest BCUT2D eigenvalue weighted by Gasteiger charge is -2.22. The van der Waals surface area contributed by atoms with Crippen molar-refractivity contribution in [1.82, 2.24) is 4.90 Å². The van der Waals surface area contributed by atoms with Gasteiger partial charge >= 0.3 is 0 Å². The molecule has 5 heteroatoms. The van der Waals surface area contributed by atoms with Gasteiger partial charge < -0.3 is 9.47 Å². The Morgan fingerprint density at radius 2 is 1.89 bits per heavy atom. The lowest BCUT2D eigenvalue weighted by Crippen LogP contribution is -2.29. The molecule has 1 aromatic carbocycles. The van der Waals surface area contributed by atoms with Crippen LogP contribution in [0, 0.1) is 5.82 Å². The van der Waals surface area contributed by atoms with Gasteiger partial charge in [-0.15, -0.1) is 0 Å². The van der Waals surface area contributed by atoms with E-state index in [0.29, 0.717) is 6.61 Å². The summed E-state index contributed by atoms with van der Waals surface area (Å²) in [5.74, 6) is -0.224. The van der Waals surface area contributed by atoms with Crippen LogP contribution in [0.2, 0.25) is 0 Å². The zero-order chi connectivity index (χ0) is 14.1. The van der Waals surface area contributed by atoms with Gasteiger partial charge in [-0.25, -0.2) is 4.39 Å². The number of halogens is 2. The second-order valence-corrected chi connectivity index (χ2v) is 5.21. The van der Waals surface area contributed by atoms with Crippen molar-refractivity contribution >= 4 is 15.9 Å². The first kappa shape index (κ1) is 16.6. The van der Waals surface area contributed by atoms with E-state index < -0.39 is 0 Å². The molecule has 0 saturated carbocycles. The highest BCUT2D eigenvalue weighted by molar-refractivity contribution is 9.10. The predicted octanol–water partition coefficient (Wildman–Crippen LogP) is 3.07. The molecule has 0 spiro atoms. The van der Waals surface area contributed by atoms with E-state index >= 15 is 0 Å². The van der Waals surface area contributed by atoms with E-state index in [1.807, 2.05) is 6.07 Å². The van der Waals surface area contributed by atoms with Crippen molar-refractivity contribution in [2.24, 2.45) is 0 Å². The Morgan fingerprint density at radius 3 is 2.53 bits per heavy atom. The summed E-state index contributed by atoms with van der Waals surface area (Å²) in [6.45, 7) is 3.98. The Labute approximate surface area is 122 Å². The number of rotatable bonds is 9. The summed E-state index contributed by atoms with van der Waals surface area (Å²) in [6.07, 6.45) is 0.971. The molecule has 0 aromatic heterocycles. The summed E-state index contributed by atoms with van der Waals surface area (Å²) in [4.78, 5) is 2.28. The summed E-state index contributed by atoms with van der Waals surface area (Å²) in [7, 11) is 3.40. The molecule has 0 heterocycles. The van der Waals surface area contributed by atoms with Crippen molar-refractivity contribution in [2.45, 2.75) is 13.0 Å². The summed E-state index contributed by atoms with van der Waals surface area (Å²) >= 11 is 3.40. The quantitative estimate of drug-likeness (QED) is 0.648. The van der Waals surface area contributed by atoms with E-state index in [2.05, 4.69) is 20.8 Å². The lowest BCUT2D eigenvalue weighted by molar-refractivity contribution is 0.129. The lowest BCUT2D eigenvalue weighted by atomic mass is 10.2. The average molecular weight is 334 g/mol. The fourth-order valence-electron chi connectivity index (χ4n) is 1.81. The molecule has 0 N–H and O–H groups in total. The number of nitrogens with zero attached hydrogens (tertiary/aromatic N) is 1. The number of hydrogen-bond acceptors (Lipinski definition) is 3. The van der Waals surface area contributed by atoms with Gasteiger partial charge in [0.2, 0.25) is 0 Å². The molecule has 0 aliphatic rings. The maximum Gasteiger partial charge on any atom is 0.124 e. The zero-order valence-corrected chi connectivity index (χ0v) is 13.1. The Hall–Kier alpha value is -0.490. The van der Waals surface area contributed by atoms with E-state index in [1.165, 1.54) is 12.1 Å². The summed E-state index contributed by atoms with van der Waals surface area (Å²) in [6, 6.07) is 4.80. The number of hydrogen-bond donors (Lipinski definition) is 0. The number of methoxy groups -OCH3 is 2. The predicted molar refractivity (Wildman–Crippen MR) is 77.7 cm³/mol. The Balaban J connectivity index is 2.58. The van der Waals surface area contributed by atoms with E-state index in [1.54, 1.807) is 14.2 Å². The molecule has 0 amide bonds. The Bertz CT molecular complexity index is 376. The minimum Gasteiger partial charge on any atom is -0.385 e. The molecule has 1 rings (SSSR count). The zero-order valence-electron chi connectivity index (χ0n) is 11.5. The second-order valence-electron chi connectivity index (χ2n) is 4.35. The molecule has 1 aromatic rings. The van der Waals surface area contributed by atoms with Crippen molar-refractivity contribution < 1.29 is 13.9 Å². The highest BCUT2D eigenvalue weighted by atomic mass is 79.9. The molecule has 0 aliphatic carbocycles. The minimum atomic E-state index is -0.224. The summed E-state index contributed by atoms with van der Waals surface area (Å²) in [5, 5.41) is 0. The van der Waals surface area contributed by atoms with Gasteiger partial charge in [-0.1, -0.05) is 22.0 Å². The van der Waals surface area contributed by atoms with Gasteiger partial charge in [-0.05, 0) is 24.1 Å². The largest absolute Gasteiger partial charge is 0.385 e. The molecule has 0 unspecified atom stereocenters. The molecule has 0 aliphatic heterocycles. The maximum absolute atomic E-state index is 13.1. The van der Waals surface area contributed by atoms with Gasteiger partial charge in [0.05, 0.1) is 6.61 Å². The van der Waals surface area contributed by atoms with Gasteiger partial charge in [0, 0.05) is 44.9 Å². The van der Waals surface area contributed by atoms with Crippen LogP contribution in [0.25, 0.3) is 0 Å². The molecule has 0 radical (unpaired) electrons. The smallest absolute Gasteiger partial charge is 0.124 e. The maximum atomic E-state index is 13.1. The highest BCUT2D eigenvalue weighted by Crippen LogP contribution is 2.19. The van der Waals surface area contributed by atoms with Gasteiger partial charge in [0.25, 0.3) is 0 Å². The number of ether oxygens (including phenoxy) is 2. The van der Waals surface area contributed by atoms with Crippen LogP contribution in [0.5, 0.6) is 0 Å². The van der Waals surface area contributed by atoms with Crippen molar-refractivity contribution in [3.05, 3.63) is 34.1 Å². The summed E-state index contributed by atoms with van der Waals surface area (Å²) in [5.41, 5.74) is 1.08. The van der Waals surface area contributed by atoms with Crippen molar-refractivity contribution in [2.75, 3.05) is 40.5 Å². The molecule has 3 nitrogen and oxygen atoms in total. The SMILES string of the molecule is COCCCN(CCOC)Cc1ccc(F)cc1Br. The first-order valence-electron chi connectivity index (χ1n) is 6.31. The second kappa shape index (κ2) is 9.42. The third-order valence-electron chi connectivity index (χ3n) is 2.84. The molecule has 0 atom stereocenters. The van der Waals surface area contributed by atoms with Crippen molar-refractivity contribution in [1.29, 1.82) is 0 Å². The fraction of sp³-hybridized carbons (Fsp3) is 0.571. The van der Waals surface area contributed by atoms with Gasteiger partial charge in [0.15, 0.2) is 0 Å². The molecule has 0 saturated heterocycles. The molecule has 0 fully saturated rings. The van der Waals surface area contributed by atoms with Gasteiger partial charge in [0.1, 0.15) is 5.82 Å². The first-order valence-corrected chi connectivity index (χ1v) is 7.11.